The molecule has 0 bridgehead atoms. The number of ether oxygens (including phenoxy) is 2. The Morgan fingerprint density at radius 1 is 1.50 bits per heavy atom. The van der Waals surface area contributed by atoms with Gasteiger partial charge in [0.15, 0.2) is 11.5 Å². The van der Waals surface area contributed by atoms with E-state index in [-0.39, 0.29) is 22.3 Å². The first kappa shape index (κ1) is 14.6. The molecular formula is C11H14BrNO5. The summed E-state index contributed by atoms with van der Waals surface area (Å²) >= 11 is 3.14. The standard InChI is InChI=1S/C11H14BrNO5/c1-17-7-3-5(6(4-13)11(15)16)9(14)8(12)10(7)18-2/h3,6,14H,4,13H2,1-2H3,(H,15,16). The molecule has 0 radical (unpaired) electrons. The lowest BCUT2D eigenvalue weighted by molar-refractivity contribution is -0.138. The van der Waals surface area contributed by atoms with Gasteiger partial charge in [-0.2, -0.15) is 0 Å². The van der Waals surface area contributed by atoms with Crippen LogP contribution in [0.5, 0.6) is 17.2 Å². The average molecular weight is 320 g/mol. The molecule has 4 N–H and O–H groups in total. The first-order valence-electron chi connectivity index (χ1n) is 5.04. The van der Waals surface area contributed by atoms with Crippen molar-refractivity contribution in [2.24, 2.45) is 5.73 Å². The molecule has 0 amide bonds. The summed E-state index contributed by atoms with van der Waals surface area (Å²) in [7, 11) is 2.84. The van der Waals surface area contributed by atoms with Gasteiger partial charge in [-0.3, -0.25) is 4.79 Å². The number of carboxylic acid groups (broad SMARTS) is 1. The monoisotopic (exact) mass is 319 g/mol. The number of aliphatic carboxylic acids is 1. The zero-order chi connectivity index (χ0) is 13.9. The Hall–Kier alpha value is -1.47. The Morgan fingerprint density at radius 3 is 2.50 bits per heavy atom. The van der Waals surface area contributed by atoms with Crippen molar-refractivity contribution < 1.29 is 24.5 Å². The number of phenolic OH excluding ortho intramolecular Hbond substituents is 1. The van der Waals surface area contributed by atoms with Crippen LogP contribution < -0.4 is 15.2 Å². The van der Waals surface area contributed by atoms with Crippen LogP contribution in [0, 0.1) is 0 Å². The number of carbonyl (C=O) groups is 1. The number of nitrogens with two attached hydrogens (primary N) is 1. The Kier molecular flexibility index (Phi) is 4.80. The molecule has 0 saturated heterocycles. The van der Waals surface area contributed by atoms with Crippen LogP contribution in [0.1, 0.15) is 11.5 Å². The summed E-state index contributed by atoms with van der Waals surface area (Å²) in [6, 6.07) is 1.41. The van der Waals surface area contributed by atoms with E-state index in [0.29, 0.717) is 11.5 Å². The van der Waals surface area contributed by atoms with E-state index in [1.54, 1.807) is 0 Å². The fraction of sp³-hybridized carbons (Fsp3) is 0.364. The molecule has 1 atom stereocenters. The number of hydrogen-bond acceptors (Lipinski definition) is 5. The van der Waals surface area contributed by atoms with Crippen molar-refractivity contribution in [2.75, 3.05) is 20.8 Å². The van der Waals surface area contributed by atoms with Gasteiger partial charge < -0.3 is 25.4 Å². The van der Waals surface area contributed by atoms with Crippen molar-refractivity contribution in [2.45, 2.75) is 5.92 Å². The van der Waals surface area contributed by atoms with Crippen molar-refractivity contribution >= 4 is 21.9 Å². The Labute approximate surface area is 112 Å². The number of benzene rings is 1. The van der Waals surface area contributed by atoms with Crippen LogP contribution >= 0.6 is 15.9 Å². The van der Waals surface area contributed by atoms with E-state index in [1.165, 1.54) is 20.3 Å². The highest BCUT2D eigenvalue weighted by Gasteiger charge is 2.26. The van der Waals surface area contributed by atoms with E-state index in [0.717, 1.165) is 0 Å². The molecule has 1 rings (SSSR count). The van der Waals surface area contributed by atoms with Gasteiger partial charge in [-0.25, -0.2) is 0 Å². The maximum absolute atomic E-state index is 11.1. The van der Waals surface area contributed by atoms with Crippen LogP contribution in [0.25, 0.3) is 0 Å². The number of methoxy groups -OCH3 is 2. The fourth-order valence-corrected chi connectivity index (χ4v) is 2.17. The largest absolute Gasteiger partial charge is 0.506 e. The number of aromatic hydroxyl groups is 1. The SMILES string of the molecule is COc1cc(C(CN)C(=O)O)c(O)c(Br)c1OC. The minimum atomic E-state index is -1.12. The number of rotatable bonds is 5. The van der Waals surface area contributed by atoms with E-state index in [9.17, 15) is 9.90 Å². The van der Waals surface area contributed by atoms with Crippen molar-refractivity contribution in [1.82, 2.24) is 0 Å². The third-order valence-electron chi connectivity index (χ3n) is 2.52. The summed E-state index contributed by atoms with van der Waals surface area (Å²) in [5.41, 5.74) is 5.58. The van der Waals surface area contributed by atoms with Crippen LogP contribution in [0.4, 0.5) is 0 Å². The van der Waals surface area contributed by atoms with Crippen LogP contribution in [-0.2, 0) is 4.79 Å². The van der Waals surface area contributed by atoms with Crippen LogP contribution in [-0.4, -0.2) is 36.9 Å². The van der Waals surface area contributed by atoms with Gasteiger partial charge in [0.05, 0.1) is 20.1 Å². The third-order valence-corrected chi connectivity index (χ3v) is 3.26. The predicted octanol–water partition coefficient (Wildman–Crippen LogP) is 1.30. The maximum Gasteiger partial charge on any atom is 0.312 e. The summed E-state index contributed by atoms with van der Waals surface area (Å²) in [6.07, 6.45) is 0. The van der Waals surface area contributed by atoms with Crippen molar-refractivity contribution in [3.05, 3.63) is 16.1 Å². The molecule has 100 valence electrons. The number of phenols is 1. The van der Waals surface area contributed by atoms with Crippen LogP contribution in [0.3, 0.4) is 0 Å². The molecule has 6 nitrogen and oxygen atoms in total. The Balaban J connectivity index is 3.46. The first-order valence-corrected chi connectivity index (χ1v) is 5.83. The van der Waals surface area contributed by atoms with Gasteiger partial charge in [0.2, 0.25) is 0 Å². The molecule has 1 unspecified atom stereocenters. The second-order valence-electron chi connectivity index (χ2n) is 3.49. The number of carboxylic acids is 1. The number of halogens is 1. The smallest absolute Gasteiger partial charge is 0.312 e. The van der Waals surface area contributed by atoms with Gasteiger partial charge >= 0.3 is 5.97 Å². The van der Waals surface area contributed by atoms with Crippen molar-refractivity contribution in [3.8, 4) is 17.2 Å². The molecule has 0 spiro atoms. The normalized spacial score (nSPS) is 12.0. The van der Waals surface area contributed by atoms with E-state index < -0.39 is 11.9 Å². The zero-order valence-electron chi connectivity index (χ0n) is 9.94. The van der Waals surface area contributed by atoms with Crippen LogP contribution in [0.15, 0.2) is 10.5 Å². The first-order chi connectivity index (χ1) is 8.47. The van der Waals surface area contributed by atoms with Crippen LogP contribution in [0.2, 0.25) is 0 Å². The second-order valence-corrected chi connectivity index (χ2v) is 4.28. The molecular weight excluding hydrogens is 306 g/mol. The molecule has 1 aromatic carbocycles. The third kappa shape index (κ3) is 2.51. The Bertz CT molecular complexity index is 463. The summed E-state index contributed by atoms with van der Waals surface area (Å²) in [4.78, 5) is 11.1. The van der Waals surface area contributed by atoms with E-state index in [4.69, 9.17) is 20.3 Å². The molecule has 7 heteroatoms. The van der Waals surface area contributed by atoms with Gasteiger partial charge in [-0.05, 0) is 22.0 Å². The van der Waals surface area contributed by atoms with Gasteiger partial charge in [0, 0.05) is 12.1 Å². The minimum Gasteiger partial charge on any atom is -0.506 e. The zero-order valence-corrected chi connectivity index (χ0v) is 11.5. The van der Waals surface area contributed by atoms with Gasteiger partial charge in [0.25, 0.3) is 0 Å². The van der Waals surface area contributed by atoms with E-state index in [2.05, 4.69) is 15.9 Å². The Morgan fingerprint density at radius 2 is 2.11 bits per heavy atom. The minimum absolute atomic E-state index is 0.134. The molecule has 18 heavy (non-hydrogen) atoms. The van der Waals surface area contributed by atoms with Gasteiger partial charge in [-0.1, -0.05) is 0 Å². The summed E-state index contributed by atoms with van der Waals surface area (Å²) < 4.78 is 10.4. The van der Waals surface area contributed by atoms with Crippen molar-refractivity contribution in [1.29, 1.82) is 0 Å². The lowest BCUT2D eigenvalue weighted by Crippen LogP contribution is -2.21. The molecule has 0 saturated carbocycles. The van der Waals surface area contributed by atoms with Gasteiger partial charge in [0.1, 0.15) is 10.2 Å². The predicted molar refractivity (Wildman–Crippen MR) is 68.3 cm³/mol. The molecule has 0 heterocycles. The highest BCUT2D eigenvalue weighted by molar-refractivity contribution is 9.10. The molecule has 0 aliphatic carbocycles. The lowest BCUT2D eigenvalue weighted by Gasteiger charge is -2.17. The second kappa shape index (κ2) is 5.92. The summed E-state index contributed by atoms with van der Waals surface area (Å²) in [6.45, 7) is -0.134. The summed E-state index contributed by atoms with van der Waals surface area (Å²) in [5, 5.41) is 19.0. The quantitative estimate of drug-likeness (QED) is 0.756. The topological polar surface area (TPSA) is 102 Å². The van der Waals surface area contributed by atoms with E-state index in [1.807, 2.05) is 0 Å². The van der Waals surface area contributed by atoms with E-state index >= 15 is 0 Å². The highest BCUT2D eigenvalue weighted by Crippen LogP contribution is 2.45. The fourth-order valence-electron chi connectivity index (χ4n) is 1.59. The van der Waals surface area contributed by atoms with Gasteiger partial charge in [-0.15, -0.1) is 0 Å². The lowest BCUT2D eigenvalue weighted by atomic mass is 9.98. The molecule has 0 fully saturated rings. The molecule has 1 aromatic rings. The number of hydrogen-bond donors (Lipinski definition) is 3. The summed E-state index contributed by atoms with van der Waals surface area (Å²) in [5.74, 6) is -1.74. The van der Waals surface area contributed by atoms with Crippen molar-refractivity contribution in [3.63, 3.8) is 0 Å². The molecule has 0 aliphatic rings. The average Bonchev–Trinajstić information content (AvgIpc) is 2.34. The molecule has 0 aromatic heterocycles. The highest BCUT2D eigenvalue weighted by atomic mass is 79.9. The molecule has 0 aliphatic heterocycles. The maximum atomic E-state index is 11.1.